The van der Waals surface area contributed by atoms with Gasteiger partial charge in [-0.3, -0.25) is 0 Å². The number of benzene rings is 1. The second-order valence-electron chi connectivity index (χ2n) is 3.04. The van der Waals surface area contributed by atoms with Crippen molar-refractivity contribution in [1.82, 2.24) is 0 Å². The van der Waals surface area contributed by atoms with Crippen LogP contribution in [0.4, 0.5) is 0 Å². The van der Waals surface area contributed by atoms with Crippen molar-refractivity contribution in [3.05, 3.63) is 40.6 Å². The molecule has 0 saturated heterocycles. The summed E-state index contributed by atoms with van der Waals surface area (Å²) in [5.41, 5.74) is 1.42. The molecule has 1 aliphatic carbocycles. The van der Waals surface area contributed by atoms with Gasteiger partial charge in [-0.25, -0.2) is 0 Å². The first-order valence-corrected chi connectivity index (χ1v) is 3.90. The van der Waals surface area contributed by atoms with E-state index in [0.29, 0.717) is 0 Å². The lowest BCUT2D eigenvalue weighted by molar-refractivity contribution is 1.39. The van der Waals surface area contributed by atoms with Gasteiger partial charge < -0.3 is 0 Å². The molecular formula is C11H11. The second kappa shape index (κ2) is 2.23. The first-order valence-electron chi connectivity index (χ1n) is 3.90. The number of fused-ring (bicyclic) bond motifs is 1. The van der Waals surface area contributed by atoms with Crippen molar-refractivity contribution in [2.24, 2.45) is 0 Å². The van der Waals surface area contributed by atoms with Gasteiger partial charge in [0.2, 0.25) is 0 Å². The largest absolute Gasteiger partial charge is 0.0655 e. The quantitative estimate of drug-likeness (QED) is 0.512. The van der Waals surface area contributed by atoms with Crippen LogP contribution in [0, 0.1) is 5.92 Å². The van der Waals surface area contributed by atoms with Crippen molar-refractivity contribution in [2.75, 3.05) is 0 Å². The topological polar surface area (TPSA) is 0 Å². The highest BCUT2D eigenvalue weighted by atomic mass is 14.1. The number of hydrogen-bond acceptors (Lipinski definition) is 0. The molecule has 55 valence electrons. The zero-order chi connectivity index (χ0) is 7.84. The Morgan fingerprint density at radius 1 is 1.00 bits per heavy atom. The lowest BCUT2D eigenvalue weighted by Gasteiger charge is -1.97. The molecule has 0 aliphatic heterocycles. The SMILES string of the molecule is C[C]1C=c2ccccc2=C1C. The Labute approximate surface area is 66.9 Å². The molecule has 0 unspecified atom stereocenters. The Balaban J connectivity index is 2.89. The molecule has 0 amide bonds. The summed E-state index contributed by atoms with van der Waals surface area (Å²) in [5, 5.41) is 2.76. The maximum Gasteiger partial charge on any atom is 0.0204 e. The number of rotatable bonds is 0. The first kappa shape index (κ1) is 6.66. The Morgan fingerprint density at radius 3 is 2.45 bits per heavy atom. The lowest BCUT2D eigenvalue weighted by atomic mass is 10.1. The summed E-state index contributed by atoms with van der Waals surface area (Å²) in [5.74, 6) is 1.39. The summed E-state index contributed by atoms with van der Waals surface area (Å²) in [6.07, 6.45) is 2.24. The molecule has 0 nitrogen and oxygen atoms in total. The van der Waals surface area contributed by atoms with Crippen molar-refractivity contribution in [1.29, 1.82) is 0 Å². The molecule has 0 saturated carbocycles. The van der Waals surface area contributed by atoms with Crippen molar-refractivity contribution in [2.45, 2.75) is 13.8 Å². The van der Waals surface area contributed by atoms with Gasteiger partial charge in [-0.2, -0.15) is 0 Å². The minimum absolute atomic E-state index is 1.36. The lowest BCUT2D eigenvalue weighted by Crippen LogP contribution is -2.21. The molecule has 1 radical (unpaired) electrons. The van der Waals surface area contributed by atoms with Crippen LogP contribution in [0.2, 0.25) is 0 Å². The smallest absolute Gasteiger partial charge is 0.0204 e. The van der Waals surface area contributed by atoms with Crippen molar-refractivity contribution in [3.63, 3.8) is 0 Å². The maximum absolute atomic E-state index is 2.24. The summed E-state index contributed by atoms with van der Waals surface area (Å²) < 4.78 is 0. The van der Waals surface area contributed by atoms with Crippen LogP contribution >= 0.6 is 0 Å². The molecule has 2 rings (SSSR count). The van der Waals surface area contributed by atoms with E-state index in [1.165, 1.54) is 21.9 Å². The van der Waals surface area contributed by atoms with Crippen LogP contribution in [0.3, 0.4) is 0 Å². The van der Waals surface area contributed by atoms with Gasteiger partial charge in [0.15, 0.2) is 0 Å². The third kappa shape index (κ3) is 0.900. The van der Waals surface area contributed by atoms with Gasteiger partial charge >= 0.3 is 0 Å². The molecule has 1 aromatic carbocycles. The molecule has 0 aromatic heterocycles. The van der Waals surface area contributed by atoms with Crippen LogP contribution in [0.1, 0.15) is 13.8 Å². The Hall–Kier alpha value is -1.04. The average Bonchev–Trinajstić information content (AvgIpc) is 2.30. The molecule has 0 atom stereocenters. The standard InChI is InChI=1S/C11H11/c1-8-7-10-5-3-4-6-11(10)9(8)2/h3-7H,1-2H3. The van der Waals surface area contributed by atoms with Crippen LogP contribution < -0.4 is 10.4 Å². The van der Waals surface area contributed by atoms with E-state index in [1.54, 1.807) is 0 Å². The molecule has 0 bridgehead atoms. The fourth-order valence-corrected chi connectivity index (χ4v) is 1.52. The van der Waals surface area contributed by atoms with Gasteiger partial charge in [-0.05, 0) is 17.4 Å². The monoisotopic (exact) mass is 143 g/mol. The molecule has 0 N–H and O–H groups in total. The van der Waals surface area contributed by atoms with E-state index in [2.05, 4.69) is 44.2 Å². The van der Waals surface area contributed by atoms with E-state index < -0.39 is 0 Å². The van der Waals surface area contributed by atoms with Crippen LogP contribution in [-0.2, 0) is 0 Å². The maximum atomic E-state index is 2.24. The summed E-state index contributed by atoms with van der Waals surface area (Å²) in [6, 6.07) is 8.52. The minimum atomic E-state index is 1.36. The third-order valence-corrected chi connectivity index (χ3v) is 2.33. The predicted octanol–water partition coefficient (Wildman–Crippen LogP) is 1.25. The van der Waals surface area contributed by atoms with E-state index in [-0.39, 0.29) is 0 Å². The molecule has 0 spiro atoms. The van der Waals surface area contributed by atoms with Crippen LogP contribution in [0.15, 0.2) is 24.3 Å². The average molecular weight is 143 g/mol. The normalized spacial score (nSPS) is 16.4. The van der Waals surface area contributed by atoms with Crippen molar-refractivity contribution < 1.29 is 0 Å². The van der Waals surface area contributed by atoms with Gasteiger partial charge in [0.25, 0.3) is 0 Å². The zero-order valence-electron chi connectivity index (χ0n) is 6.89. The summed E-state index contributed by atoms with van der Waals surface area (Å²) >= 11 is 0. The first-order chi connectivity index (χ1) is 5.29. The van der Waals surface area contributed by atoms with Gasteiger partial charge in [0.1, 0.15) is 0 Å². The summed E-state index contributed by atoms with van der Waals surface area (Å²) in [6.45, 7) is 4.34. The van der Waals surface area contributed by atoms with E-state index >= 15 is 0 Å². The second-order valence-corrected chi connectivity index (χ2v) is 3.04. The highest BCUT2D eigenvalue weighted by molar-refractivity contribution is 5.74. The molecule has 1 aliphatic rings. The molecule has 0 heteroatoms. The van der Waals surface area contributed by atoms with Gasteiger partial charge in [-0.15, -0.1) is 0 Å². The highest BCUT2D eigenvalue weighted by Gasteiger charge is 2.07. The minimum Gasteiger partial charge on any atom is -0.0655 e. The zero-order valence-corrected chi connectivity index (χ0v) is 6.89. The van der Waals surface area contributed by atoms with Crippen LogP contribution in [-0.4, -0.2) is 0 Å². The van der Waals surface area contributed by atoms with Gasteiger partial charge in [-0.1, -0.05) is 42.8 Å². The van der Waals surface area contributed by atoms with E-state index in [1.807, 2.05) is 0 Å². The Kier molecular flexibility index (Phi) is 1.35. The van der Waals surface area contributed by atoms with Crippen LogP contribution in [0.5, 0.6) is 0 Å². The predicted molar refractivity (Wildman–Crippen MR) is 48.2 cm³/mol. The molecule has 11 heavy (non-hydrogen) atoms. The van der Waals surface area contributed by atoms with Crippen molar-refractivity contribution in [3.8, 4) is 0 Å². The molecule has 0 heterocycles. The van der Waals surface area contributed by atoms with E-state index in [9.17, 15) is 0 Å². The summed E-state index contributed by atoms with van der Waals surface area (Å²) in [7, 11) is 0. The van der Waals surface area contributed by atoms with E-state index in [0.717, 1.165) is 0 Å². The van der Waals surface area contributed by atoms with Gasteiger partial charge in [0.05, 0.1) is 0 Å². The Bertz CT molecular complexity index is 385. The highest BCUT2D eigenvalue weighted by Crippen LogP contribution is 2.14. The number of hydrogen-bond donors (Lipinski definition) is 0. The molecular weight excluding hydrogens is 132 g/mol. The fraction of sp³-hybridized carbons (Fsp3) is 0.182. The molecule has 0 fully saturated rings. The molecule has 1 aromatic rings. The van der Waals surface area contributed by atoms with Crippen molar-refractivity contribution >= 4 is 11.6 Å². The van der Waals surface area contributed by atoms with Gasteiger partial charge in [0, 0.05) is 5.92 Å². The Morgan fingerprint density at radius 2 is 1.73 bits per heavy atom. The third-order valence-electron chi connectivity index (χ3n) is 2.33. The van der Waals surface area contributed by atoms with Crippen LogP contribution in [0.25, 0.3) is 11.6 Å². The fourth-order valence-electron chi connectivity index (χ4n) is 1.52. The summed E-state index contributed by atoms with van der Waals surface area (Å²) in [4.78, 5) is 0. The van der Waals surface area contributed by atoms with E-state index in [4.69, 9.17) is 0 Å².